The van der Waals surface area contributed by atoms with Crippen molar-refractivity contribution in [3.63, 3.8) is 0 Å². The largest absolute Gasteiger partial charge is 0.261 e. The van der Waals surface area contributed by atoms with E-state index in [9.17, 15) is 0 Å². The zero-order valence-electron chi connectivity index (χ0n) is 11.2. The Hall–Kier alpha value is -0.850. The smallest absolute Gasteiger partial charge is 0.0403 e. The summed E-state index contributed by atoms with van der Waals surface area (Å²) in [6.07, 6.45) is 10.9. The molecule has 0 amide bonds. The predicted octanol–water partition coefficient (Wildman–Crippen LogP) is 5.01. The fourth-order valence-electron chi connectivity index (χ4n) is 1.28. The lowest BCUT2D eigenvalue weighted by molar-refractivity contribution is 0.660. The summed E-state index contributed by atoms with van der Waals surface area (Å²) in [6, 6.07) is 6.13. The Morgan fingerprint density at radius 2 is 1.62 bits per heavy atom. The molecule has 0 aliphatic heterocycles. The molecule has 1 heteroatoms. The van der Waals surface area contributed by atoms with Crippen LogP contribution in [0.25, 0.3) is 0 Å². The van der Waals surface area contributed by atoms with Gasteiger partial charge in [-0.05, 0) is 25.0 Å². The molecule has 0 N–H and O–H groups in total. The van der Waals surface area contributed by atoms with E-state index in [1.54, 1.807) is 0 Å². The number of hydrogen-bond donors (Lipinski definition) is 0. The maximum Gasteiger partial charge on any atom is 0.0403 e. The quantitative estimate of drug-likeness (QED) is 0.615. The highest BCUT2D eigenvalue weighted by molar-refractivity contribution is 5.03. The van der Waals surface area contributed by atoms with Crippen LogP contribution < -0.4 is 0 Å². The molecule has 0 fully saturated rings. The van der Waals surface area contributed by atoms with Crippen molar-refractivity contribution >= 4 is 0 Å². The molecule has 0 radical (unpaired) electrons. The van der Waals surface area contributed by atoms with Gasteiger partial charge < -0.3 is 0 Å². The third-order valence-corrected chi connectivity index (χ3v) is 2.51. The van der Waals surface area contributed by atoms with Crippen molar-refractivity contribution in [1.29, 1.82) is 0 Å². The van der Waals surface area contributed by atoms with Crippen molar-refractivity contribution in [3.8, 4) is 0 Å². The van der Waals surface area contributed by atoms with E-state index in [1.165, 1.54) is 44.2 Å². The standard InChI is InChI=1S/C11H17N.C4H10/c1-2-3-4-5-8-11-9-6-7-10-12-11;1-3-4-2/h6-7,9-10H,2-5,8H2,1H3;3-4H2,1-2H3. The average Bonchev–Trinajstić information content (AvgIpc) is 2.36. The van der Waals surface area contributed by atoms with E-state index in [2.05, 4.69) is 37.9 Å². The first-order chi connectivity index (χ1) is 7.85. The molecule has 0 aromatic carbocycles. The normalized spacial score (nSPS) is 9.44. The van der Waals surface area contributed by atoms with Crippen molar-refractivity contribution in [3.05, 3.63) is 30.1 Å². The molecular formula is C15H27N. The molecule has 1 heterocycles. The lowest BCUT2D eigenvalue weighted by Crippen LogP contribution is -1.88. The summed E-state index contributed by atoms with van der Waals surface area (Å²) >= 11 is 0. The van der Waals surface area contributed by atoms with Crippen molar-refractivity contribution in [2.75, 3.05) is 0 Å². The zero-order valence-corrected chi connectivity index (χ0v) is 11.2. The molecule has 0 bridgehead atoms. The second kappa shape index (κ2) is 12.2. The van der Waals surface area contributed by atoms with Crippen LogP contribution in [-0.4, -0.2) is 4.98 Å². The molecule has 0 aliphatic rings. The van der Waals surface area contributed by atoms with E-state index < -0.39 is 0 Å². The average molecular weight is 221 g/mol. The van der Waals surface area contributed by atoms with Gasteiger partial charge in [-0.1, -0.05) is 58.9 Å². The van der Waals surface area contributed by atoms with Gasteiger partial charge in [0.1, 0.15) is 0 Å². The number of unbranched alkanes of at least 4 members (excludes halogenated alkanes) is 4. The second-order valence-corrected chi connectivity index (χ2v) is 4.13. The van der Waals surface area contributed by atoms with Gasteiger partial charge in [-0.25, -0.2) is 0 Å². The Labute approximate surface area is 101 Å². The molecular weight excluding hydrogens is 194 g/mol. The first kappa shape index (κ1) is 15.2. The number of aromatic nitrogens is 1. The number of pyridine rings is 1. The third kappa shape index (κ3) is 9.70. The summed E-state index contributed by atoms with van der Waals surface area (Å²) in [7, 11) is 0. The maximum atomic E-state index is 4.28. The van der Waals surface area contributed by atoms with Gasteiger partial charge in [-0.3, -0.25) is 4.98 Å². The summed E-state index contributed by atoms with van der Waals surface area (Å²) in [4.78, 5) is 4.28. The highest BCUT2D eigenvalue weighted by atomic mass is 14.7. The molecule has 0 atom stereocenters. The Morgan fingerprint density at radius 1 is 0.875 bits per heavy atom. The summed E-state index contributed by atoms with van der Waals surface area (Å²) in [5.74, 6) is 0. The monoisotopic (exact) mass is 221 g/mol. The molecule has 1 nitrogen and oxygen atoms in total. The molecule has 0 spiro atoms. The molecule has 16 heavy (non-hydrogen) atoms. The number of hydrogen-bond acceptors (Lipinski definition) is 1. The molecule has 0 saturated heterocycles. The van der Waals surface area contributed by atoms with Gasteiger partial charge in [0.25, 0.3) is 0 Å². The molecule has 0 saturated carbocycles. The topological polar surface area (TPSA) is 12.9 Å². The number of rotatable bonds is 6. The fourth-order valence-corrected chi connectivity index (χ4v) is 1.28. The van der Waals surface area contributed by atoms with Gasteiger partial charge in [0, 0.05) is 11.9 Å². The van der Waals surface area contributed by atoms with Crippen LogP contribution >= 0.6 is 0 Å². The van der Waals surface area contributed by atoms with Crippen LogP contribution in [0.1, 0.15) is 65.0 Å². The minimum absolute atomic E-state index is 1.14. The highest BCUT2D eigenvalue weighted by Crippen LogP contribution is 2.04. The van der Waals surface area contributed by atoms with Gasteiger partial charge in [0.2, 0.25) is 0 Å². The van der Waals surface area contributed by atoms with Crippen LogP contribution in [0.2, 0.25) is 0 Å². The minimum atomic E-state index is 1.14. The molecule has 1 aromatic heterocycles. The summed E-state index contributed by atoms with van der Waals surface area (Å²) in [5, 5.41) is 0. The summed E-state index contributed by atoms with van der Waals surface area (Å²) in [6.45, 7) is 6.60. The van der Waals surface area contributed by atoms with Gasteiger partial charge >= 0.3 is 0 Å². The van der Waals surface area contributed by atoms with E-state index in [4.69, 9.17) is 0 Å². The van der Waals surface area contributed by atoms with Gasteiger partial charge in [0.05, 0.1) is 0 Å². The number of nitrogens with zero attached hydrogens (tertiary/aromatic N) is 1. The highest BCUT2D eigenvalue weighted by Gasteiger charge is 1.91. The molecule has 0 aliphatic carbocycles. The lowest BCUT2D eigenvalue weighted by Gasteiger charge is -1.98. The van der Waals surface area contributed by atoms with Gasteiger partial charge in [-0.2, -0.15) is 0 Å². The first-order valence-electron chi connectivity index (χ1n) is 6.75. The van der Waals surface area contributed by atoms with Crippen LogP contribution in [0.5, 0.6) is 0 Å². The van der Waals surface area contributed by atoms with Crippen LogP contribution in [0.4, 0.5) is 0 Å². The lowest BCUT2D eigenvalue weighted by atomic mass is 10.1. The van der Waals surface area contributed by atoms with Crippen LogP contribution in [0, 0.1) is 0 Å². The molecule has 0 unspecified atom stereocenters. The predicted molar refractivity (Wildman–Crippen MR) is 72.7 cm³/mol. The van der Waals surface area contributed by atoms with E-state index >= 15 is 0 Å². The van der Waals surface area contributed by atoms with Crippen LogP contribution in [0.15, 0.2) is 24.4 Å². The Morgan fingerprint density at radius 3 is 2.12 bits per heavy atom. The zero-order chi connectivity index (χ0) is 12.1. The maximum absolute atomic E-state index is 4.28. The second-order valence-electron chi connectivity index (χ2n) is 4.13. The van der Waals surface area contributed by atoms with Crippen LogP contribution in [0.3, 0.4) is 0 Å². The SMILES string of the molecule is CCCC.CCCCCCc1ccccn1. The molecule has 92 valence electrons. The molecule has 1 aromatic rings. The van der Waals surface area contributed by atoms with Crippen molar-refractivity contribution in [2.24, 2.45) is 0 Å². The Bertz CT molecular complexity index is 216. The fraction of sp³-hybridized carbons (Fsp3) is 0.667. The van der Waals surface area contributed by atoms with E-state index in [-0.39, 0.29) is 0 Å². The Balaban J connectivity index is 0.000000487. The summed E-state index contributed by atoms with van der Waals surface area (Å²) < 4.78 is 0. The van der Waals surface area contributed by atoms with E-state index in [0.29, 0.717) is 0 Å². The van der Waals surface area contributed by atoms with E-state index in [0.717, 1.165) is 6.42 Å². The minimum Gasteiger partial charge on any atom is -0.261 e. The van der Waals surface area contributed by atoms with Crippen LogP contribution in [-0.2, 0) is 6.42 Å². The van der Waals surface area contributed by atoms with Crippen molar-refractivity contribution in [1.82, 2.24) is 4.98 Å². The number of aryl methyl sites for hydroxylation is 1. The van der Waals surface area contributed by atoms with Gasteiger partial charge in [0.15, 0.2) is 0 Å². The van der Waals surface area contributed by atoms with E-state index in [1.807, 2.05) is 12.3 Å². The molecule has 1 rings (SSSR count). The van der Waals surface area contributed by atoms with Gasteiger partial charge in [-0.15, -0.1) is 0 Å². The summed E-state index contributed by atoms with van der Waals surface area (Å²) in [5.41, 5.74) is 1.23. The first-order valence-corrected chi connectivity index (χ1v) is 6.75. The van der Waals surface area contributed by atoms with Crippen molar-refractivity contribution in [2.45, 2.75) is 65.7 Å². The van der Waals surface area contributed by atoms with Crippen molar-refractivity contribution < 1.29 is 0 Å². The Kier molecular flexibility index (Phi) is 11.6. The third-order valence-electron chi connectivity index (χ3n) is 2.51.